The summed E-state index contributed by atoms with van der Waals surface area (Å²) in [6, 6.07) is 12.8. The lowest BCUT2D eigenvalue weighted by atomic mass is 9.98. The first-order valence-electron chi connectivity index (χ1n) is 6.83. The maximum absolute atomic E-state index is 13.8. The summed E-state index contributed by atoms with van der Waals surface area (Å²) < 4.78 is 27.3. The maximum Gasteiger partial charge on any atom is 0.163 e. The van der Waals surface area contributed by atoms with Crippen LogP contribution in [0, 0.1) is 18.6 Å². The molecule has 0 aliphatic heterocycles. The van der Waals surface area contributed by atoms with Crippen molar-refractivity contribution in [3.8, 4) is 0 Å². The summed E-state index contributed by atoms with van der Waals surface area (Å²) in [4.78, 5) is 0. The summed E-state index contributed by atoms with van der Waals surface area (Å²) in [6.45, 7) is 1.54. The highest BCUT2D eigenvalue weighted by atomic mass is 19.2. The SMILES string of the molecule is Cc1ccc(C(N)CCCc2ccccc2)c(F)c1F. The van der Waals surface area contributed by atoms with Crippen LogP contribution in [0.1, 0.15) is 35.6 Å². The molecule has 106 valence electrons. The van der Waals surface area contributed by atoms with E-state index < -0.39 is 17.7 Å². The maximum atomic E-state index is 13.8. The van der Waals surface area contributed by atoms with E-state index in [0.717, 1.165) is 12.8 Å². The van der Waals surface area contributed by atoms with E-state index in [1.54, 1.807) is 19.1 Å². The highest BCUT2D eigenvalue weighted by molar-refractivity contribution is 5.27. The summed E-state index contributed by atoms with van der Waals surface area (Å²) in [7, 11) is 0. The van der Waals surface area contributed by atoms with E-state index in [1.807, 2.05) is 18.2 Å². The Hall–Kier alpha value is -1.74. The molecule has 20 heavy (non-hydrogen) atoms. The molecular weight excluding hydrogens is 256 g/mol. The van der Waals surface area contributed by atoms with Gasteiger partial charge in [-0.2, -0.15) is 0 Å². The van der Waals surface area contributed by atoms with Gasteiger partial charge in [0, 0.05) is 11.6 Å². The molecule has 0 saturated carbocycles. The average molecular weight is 275 g/mol. The Kier molecular flexibility index (Phi) is 4.85. The first-order chi connectivity index (χ1) is 9.59. The Morgan fingerprint density at radius 1 is 1.00 bits per heavy atom. The molecule has 0 radical (unpaired) electrons. The van der Waals surface area contributed by atoms with Gasteiger partial charge in [0.25, 0.3) is 0 Å². The van der Waals surface area contributed by atoms with Crippen molar-refractivity contribution in [3.63, 3.8) is 0 Å². The highest BCUT2D eigenvalue weighted by Gasteiger charge is 2.16. The third kappa shape index (κ3) is 3.42. The summed E-state index contributed by atoms with van der Waals surface area (Å²) in [5.41, 5.74) is 7.78. The van der Waals surface area contributed by atoms with Crippen LogP contribution in [-0.2, 0) is 6.42 Å². The molecule has 0 aliphatic carbocycles. The van der Waals surface area contributed by atoms with Crippen molar-refractivity contribution in [2.24, 2.45) is 5.73 Å². The van der Waals surface area contributed by atoms with Gasteiger partial charge in [0.05, 0.1) is 0 Å². The van der Waals surface area contributed by atoms with E-state index in [1.165, 1.54) is 5.56 Å². The molecule has 2 aromatic carbocycles. The van der Waals surface area contributed by atoms with Crippen LogP contribution in [-0.4, -0.2) is 0 Å². The van der Waals surface area contributed by atoms with Gasteiger partial charge in [-0.15, -0.1) is 0 Å². The zero-order chi connectivity index (χ0) is 14.5. The Labute approximate surface area is 118 Å². The van der Waals surface area contributed by atoms with Crippen LogP contribution in [0.25, 0.3) is 0 Å². The fourth-order valence-corrected chi connectivity index (χ4v) is 2.27. The van der Waals surface area contributed by atoms with Gasteiger partial charge >= 0.3 is 0 Å². The zero-order valence-electron chi connectivity index (χ0n) is 11.6. The third-order valence-corrected chi connectivity index (χ3v) is 3.53. The fourth-order valence-electron chi connectivity index (χ4n) is 2.27. The second kappa shape index (κ2) is 6.62. The predicted molar refractivity (Wildman–Crippen MR) is 77.4 cm³/mol. The van der Waals surface area contributed by atoms with Gasteiger partial charge in [-0.1, -0.05) is 42.5 Å². The molecule has 1 nitrogen and oxygen atoms in total. The van der Waals surface area contributed by atoms with Gasteiger partial charge in [0.2, 0.25) is 0 Å². The predicted octanol–water partition coefficient (Wildman–Crippen LogP) is 4.30. The molecule has 2 rings (SSSR count). The minimum atomic E-state index is -0.808. The molecule has 0 bridgehead atoms. The number of benzene rings is 2. The zero-order valence-corrected chi connectivity index (χ0v) is 11.6. The molecule has 1 unspecified atom stereocenters. The normalized spacial score (nSPS) is 12.4. The lowest BCUT2D eigenvalue weighted by Gasteiger charge is -2.14. The van der Waals surface area contributed by atoms with Gasteiger partial charge in [0.15, 0.2) is 11.6 Å². The lowest BCUT2D eigenvalue weighted by molar-refractivity contribution is 0.476. The Bertz CT molecular complexity index is 567. The molecule has 0 saturated heterocycles. The molecule has 2 aromatic rings. The quantitative estimate of drug-likeness (QED) is 0.865. The number of aryl methyl sites for hydroxylation is 2. The smallest absolute Gasteiger partial charge is 0.163 e. The van der Waals surface area contributed by atoms with Crippen LogP contribution in [0.15, 0.2) is 42.5 Å². The molecule has 2 N–H and O–H groups in total. The van der Waals surface area contributed by atoms with Crippen molar-refractivity contribution in [2.45, 2.75) is 32.2 Å². The van der Waals surface area contributed by atoms with Gasteiger partial charge in [-0.3, -0.25) is 0 Å². The molecule has 0 heterocycles. The van der Waals surface area contributed by atoms with Gasteiger partial charge in [0.1, 0.15) is 0 Å². The second-order valence-corrected chi connectivity index (χ2v) is 5.08. The van der Waals surface area contributed by atoms with Crippen molar-refractivity contribution in [1.29, 1.82) is 0 Å². The van der Waals surface area contributed by atoms with Crippen LogP contribution in [0.4, 0.5) is 8.78 Å². The topological polar surface area (TPSA) is 26.0 Å². The van der Waals surface area contributed by atoms with E-state index >= 15 is 0 Å². The van der Waals surface area contributed by atoms with E-state index in [-0.39, 0.29) is 5.56 Å². The molecule has 0 spiro atoms. The van der Waals surface area contributed by atoms with Crippen molar-refractivity contribution in [2.75, 3.05) is 0 Å². The van der Waals surface area contributed by atoms with Crippen molar-refractivity contribution in [1.82, 2.24) is 0 Å². The van der Waals surface area contributed by atoms with E-state index in [2.05, 4.69) is 12.1 Å². The van der Waals surface area contributed by atoms with Crippen LogP contribution in [0.2, 0.25) is 0 Å². The summed E-state index contributed by atoms with van der Waals surface area (Å²) in [5, 5.41) is 0. The second-order valence-electron chi connectivity index (χ2n) is 5.08. The molecule has 1 atom stereocenters. The van der Waals surface area contributed by atoms with Crippen molar-refractivity contribution >= 4 is 0 Å². The standard InChI is InChI=1S/C17H19F2N/c1-12-10-11-14(17(19)16(12)18)15(20)9-5-8-13-6-3-2-4-7-13/h2-4,6-7,10-11,15H,5,8-9,20H2,1H3. The molecule has 3 heteroatoms. The highest BCUT2D eigenvalue weighted by Crippen LogP contribution is 2.23. The van der Waals surface area contributed by atoms with Crippen molar-refractivity contribution in [3.05, 3.63) is 70.8 Å². The summed E-state index contributed by atoms with van der Waals surface area (Å²) >= 11 is 0. The number of hydrogen-bond donors (Lipinski definition) is 1. The molecule has 0 amide bonds. The van der Waals surface area contributed by atoms with E-state index in [4.69, 9.17) is 5.73 Å². The Morgan fingerprint density at radius 3 is 2.40 bits per heavy atom. The van der Waals surface area contributed by atoms with E-state index in [9.17, 15) is 8.78 Å². The number of nitrogens with two attached hydrogens (primary N) is 1. The molecule has 0 fully saturated rings. The third-order valence-electron chi connectivity index (χ3n) is 3.53. The van der Waals surface area contributed by atoms with Crippen LogP contribution in [0.5, 0.6) is 0 Å². The van der Waals surface area contributed by atoms with Crippen LogP contribution in [0.3, 0.4) is 0 Å². The fraction of sp³-hybridized carbons (Fsp3) is 0.294. The monoisotopic (exact) mass is 275 g/mol. The van der Waals surface area contributed by atoms with E-state index in [0.29, 0.717) is 12.0 Å². The van der Waals surface area contributed by atoms with Gasteiger partial charge in [-0.05, 0) is 37.3 Å². The van der Waals surface area contributed by atoms with Crippen LogP contribution >= 0.6 is 0 Å². The first-order valence-corrected chi connectivity index (χ1v) is 6.83. The largest absolute Gasteiger partial charge is 0.324 e. The Balaban J connectivity index is 1.95. The first kappa shape index (κ1) is 14.7. The minimum Gasteiger partial charge on any atom is -0.324 e. The lowest BCUT2D eigenvalue weighted by Crippen LogP contribution is -2.13. The van der Waals surface area contributed by atoms with Crippen molar-refractivity contribution < 1.29 is 8.78 Å². The molecular formula is C17H19F2N. The van der Waals surface area contributed by atoms with Gasteiger partial charge in [-0.25, -0.2) is 8.78 Å². The summed E-state index contributed by atoms with van der Waals surface area (Å²) in [6.07, 6.45) is 2.37. The Morgan fingerprint density at radius 2 is 1.70 bits per heavy atom. The van der Waals surface area contributed by atoms with Gasteiger partial charge < -0.3 is 5.73 Å². The summed E-state index contributed by atoms with van der Waals surface area (Å²) in [5.74, 6) is -1.60. The molecule has 0 aliphatic rings. The number of halogens is 2. The number of hydrogen-bond acceptors (Lipinski definition) is 1. The molecule has 0 aromatic heterocycles. The number of rotatable bonds is 5. The van der Waals surface area contributed by atoms with Crippen LogP contribution < -0.4 is 5.73 Å². The minimum absolute atomic E-state index is 0.265. The average Bonchev–Trinajstić information content (AvgIpc) is 2.46.